The second-order valence-corrected chi connectivity index (χ2v) is 8.12. The van der Waals surface area contributed by atoms with Crippen molar-refractivity contribution in [1.29, 1.82) is 0 Å². The SMILES string of the molecule is Cc1oncc1C(=O)Nc1ccc(NS(=O)(=O)c2ccc3ccccc3c2)cc1. The molecule has 0 spiro atoms. The Morgan fingerprint density at radius 2 is 1.62 bits per heavy atom. The first-order valence-corrected chi connectivity index (χ1v) is 10.2. The Morgan fingerprint density at radius 1 is 0.931 bits per heavy atom. The van der Waals surface area contributed by atoms with E-state index in [1.54, 1.807) is 49.4 Å². The van der Waals surface area contributed by atoms with E-state index in [1.165, 1.54) is 6.20 Å². The zero-order valence-electron chi connectivity index (χ0n) is 15.4. The van der Waals surface area contributed by atoms with Gasteiger partial charge in [-0.1, -0.05) is 35.5 Å². The molecule has 8 heteroatoms. The highest BCUT2D eigenvalue weighted by Gasteiger charge is 2.16. The number of amides is 1. The number of carbonyl (C=O) groups is 1. The van der Waals surface area contributed by atoms with Gasteiger partial charge in [0, 0.05) is 11.4 Å². The molecular weight excluding hydrogens is 390 g/mol. The molecule has 0 radical (unpaired) electrons. The van der Waals surface area contributed by atoms with Gasteiger partial charge in [0.05, 0.1) is 11.1 Å². The number of fused-ring (bicyclic) bond motifs is 1. The molecule has 3 aromatic carbocycles. The van der Waals surface area contributed by atoms with Crippen LogP contribution in [0.15, 0.2) is 82.3 Å². The van der Waals surface area contributed by atoms with Crippen LogP contribution in [0.5, 0.6) is 0 Å². The van der Waals surface area contributed by atoms with Gasteiger partial charge in [-0.3, -0.25) is 9.52 Å². The second kappa shape index (κ2) is 7.40. The summed E-state index contributed by atoms with van der Waals surface area (Å²) in [6, 6.07) is 18.9. The molecule has 0 aliphatic carbocycles. The van der Waals surface area contributed by atoms with Crippen molar-refractivity contribution in [2.75, 3.05) is 10.0 Å². The highest BCUT2D eigenvalue weighted by Crippen LogP contribution is 2.22. The van der Waals surface area contributed by atoms with E-state index < -0.39 is 10.0 Å². The molecule has 1 amide bonds. The average Bonchev–Trinajstić information content (AvgIpc) is 3.15. The normalized spacial score (nSPS) is 11.3. The van der Waals surface area contributed by atoms with E-state index in [1.807, 2.05) is 24.3 Å². The number of rotatable bonds is 5. The molecule has 29 heavy (non-hydrogen) atoms. The molecule has 0 aliphatic rings. The van der Waals surface area contributed by atoms with Gasteiger partial charge in [0.15, 0.2) is 0 Å². The van der Waals surface area contributed by atoms with Gasteiger partial charge in [-0.05, 0) is 54.1 Å². The molecule has 0 unspecified atom stereocenters. The van der Waals surface area contributed by atoms with Crippen LogP contribution < -0.4 is 10.0 Å². The van der Waals surface area contributed by atoms with E-state index in [0.717, 1.165) is 10.8 Å². The fraction of sp³-hybridized carbons (Fsp3) is 0.0476. The predicted octanol–water partition coefficient (Wildman–Crippen LogP) is 4.19. The summed E-state index contributed by atoms with van der Waals surface area (Å²) in [5, 5.41) is 8.10. The first kappa shape index (κ1) is 18.7. The van der Waals surface area contributed by atoms with Crippen molar-refractivity contribution in [3.05, 3.63) is 84.3 Å². The van der Waals surface area contributed by atoms with Gasteiger partial charge in [-0.15, -0.1) is 0 Å². The zero-order valence-corrected chi connectivity index (χ0v) is 16.2. The third kappa shape index (κ3) is 3.97. The van der Waals surface area contributed by atoms with E-state index in [-0.39, 0.29) is 10.8 Å². The van der Waals surface area contributed by atoms with E-state index in [2.05, 4.69) is 15.2 Å². The highest BCUT2D eigenvalue weighted by atomic mass is 32.2. The number of carbonyl (C=O) groups excluding carboxylic acids is 1. The van der Waals surface area contributed by atoms with E-state index in [9.17, 15) is 13.2 Å². The smallest absolute Gasteiger partial charge is 0.261 e. The third-order valence-electron chi connectivity index (χ3n) is 4.42. The molecular formula is C21H17N3O4S. The van der Waals surface area contributed by atoms with Crippen molar-refractivity contribution < 1.29 is 17.7 Å². The molecule has 0 saturated carbocycles. The Labute approximate surface area is 167 Å². The van der Waals surface area contributed by atoms with Crippen LogP contribution in [-0.4, -0.2) is 19.5 Å². The van der Waals surface area contributed by atoms with E-state index in [4.69, 9.17) is 4.52 Å². The van der Waals surface area contributed by atoms with Gasteiger partial charge >= 0.3 is 0 Å². The third-order valence-corrected chi connectivity index (χ3v) is 5.80. The fourth-order valence-corrected chi connectivity index (χ4v) is 3.98. The lowest BCUT2D eigenvalue weighted by Crippen LogP contribution is -2.14. The van der Waals surface area contributed by atoms with Gasteiger partial charge < -0.3 is 9.84 Å². The Morgan fingerprint density at radius 3 is 2.31 bits per heavy atom. The van der Waals surface area contributed by atoms with Gasteiger partial charge in [-0.2, -0.15) is 0 Å². The number of hydrogen-bond acceptors (Lipinski definition) is 5. The monoisotopic (exact) mass is 407 g/mol. The average molecular weight is 407 g/mol. The summed E-state index contributed by atoms with van der Waals surface area (Å²) in [7, 11) is -3.74. The maximum atomic E-state index is 12.7. The fourth-order valence-electron chi connectivity index (χ4n) is 2.89. The summed E-state index contributed by atoms with van der Waals surface area (Å²) >= 11 is 0. The number of hydrogen-bond donors (Lipinski definition) is 2. The maximum Gasteiger partial charge on any atom is 0.261 e. The van der Waals surface area contributed by atoms with Crippen molar-refractivity contribution in [1.82, 2.24) is 5.16 Å². The van der Waals surface area contributed by atoms with Crippen LogP contribution >= 0.6 is 0 Å². The van der Waals surface area contributed by atoms with Gasteiger partial charge in [0.25, 0.3) is 15.9 Å². The zero-order chi connectivity index (χ0) is 20.4. The molecule has 4 rings (SSSR count). The number of nitrogens with one attached hydrogen (secondary N) is 2. The standard InChI is InChI=1S/C21H17N3O4S/c1-14-20(13-22-28-14)21(25)23-17-7-9-18(10-8-17)24-29(26,27)19-11-6-15-4-2-3-5-16(15)12-19/h2-13,24H,1H3,(H,23,25). The number of anilines is 2. The minimum Gasteiger partial charge on any atom is -0.361 e. The lowest BCUT2D eigenvalue weighted by Gasteiger charge is -2.10. The van der Waals surface area contributed by atoms with Crippen LogP contribution in [0.1, 0.15) is 16.1 Å². The molecule has 146 valence electrons. The van der Waals surface area contributed by atoms with Crippen molar-refractivity contribution in [2.45, 2.75) is 11.8 Å². The number of sulfonamides is 1. The molecule has 1 aromatic heterocycles. The van der Waals surface area contributed by atoms with Crippen molar-refractivity contribution >= 4 is 38.1 Å². The molecule has 7 nitrogen and oxygen atoms in total. The molecule has 2 N–H and O–H groups in total. The van der Waals surface area contributed by atoms with Crippen molar-refractivity contribution in [3.63, 3.8) is 0 Å². The molecule has 0 aliphatic heterocycles. The second-order valence-electron chi connectivity index (χ2n) is 6.44. The first-order valence-electron chi connectivity index (χ1n) is 8.77. The minimum atomic E-state index is -3.74. The lowest BCUT2D eigenvalue weighted by atomic mass is 10.1. The number of aryl methyl sites for hydroxylation is 1. The number of benzene rings is 3. The van der Waals surface area contributed by atoms with E-state index >= 15 is 0 Å². The summed E-state index contributed by atoms with van der Waals surface area (Å²) < 4.78 is 32.8. The van der Waals surface area contributed by atoms with Crippen LogP contribution in [0.2, 0.25) is 0 Å². The van der Waals surface area contributed by atoms with E-state index in [0.29, 0.717) is 22.7 Å². The summed E-state index contributed by atoms with van der Waals surface area (Å²) in [6.45, 7) is 1.65. The van der Waals surface area contributed by atoms with Crippen molar-refractivity contribution in [2.24, 2.45) is 0 Å². The Hall–Kier alpha value is -3.65. The van der Waals surface area contributed by atoms with Crippen LogP contribution in [0, 0.1) is 6.92 Å². The summed E-state index contributed by atoms with van der Waals surface area (Å²) in [5.41, 5.74) is 1.24. The van der Waals surface area contributed by atoms with Crippen LogP contribution in [0.4, 0.5) is 11.4 Å². The van der Waals surface area contributed by atoms with Crippen LogP contribution in [0.25, 0.3) is 10.8 Å². The molecule has 0 bridgehead atoms. The number of nitrogens with zero attached hydrogens (tertiary/aromatic N) is 1. The summed E-state index contributed by atoms with van der Waals surface area (Å²) in [4.78, 5) is 12.4. The molecule has 0 saturated heterocycles. The van der Waals surface area contributed by atoms with Crippen molar-refractivity contribution in [3.8, 4) is 0 Å². The topological polar surface area (TPSA) is 101 Å². The Bertz CT molecular complexity index is 1300. The minimum absolute atomic E-state index is 0.177. The summed E-state index contributed by atoms with van der Waals surface area (Å²) in [5.74, 6) is 0.0653. The first-order chi connectivity index (χ1) is 13.9. The Kier molecular flexibility index (Phi) is 4.77. The molecule has 4 aromatic rings. The molecule has 0 atom stereocenters. The largest absolute Gasteiger partial charge is 0.361 e. The van der Waals surface area contributed by atoms with Gasteiger partial charge in [-0.25, -0.2) is 8.42 Å². The quantitative estimate of drug-likeness (QED) is 0.517. The number of aromatic nitrogens is 1. The van der Waals surface area contributed by atoms with Gasteiger partial charge in [0.1, 0.15) is 11.3 Å². The predicted molar refractivity (Wildman–Crippen MR) is 110 cm³/mol. The molecule has 1 heterocycles. The summed E-state index contributed by atoms with van der Waals surface area (Å²) in [6.07, 6.45) is 1.34. The van der Waals surface area contributed by atoms with Crippen LogP contribution in [-0.2, 0) is 10.0 Å². The molecule has 0 fully saturated rings. The Balaban J connectivity index is 1.50. The highest BCUT2D eigenvalue weighted by molar-refractivity contribution is 7.92. The lowest BCUT2D eigenvalue weighted by molar-refractivity contribution is 0.102. The maximum absolute atomic E-state index is 12.7. The van der Waals surface area contributed by atoms with Crippen LogP contribution in [0.3, 0.4) is 0 Å². The van der Waals surface area contributed by atoms with Gasteiger partial charge in [0.2, 0.25) is 0 Å².